The summed E-state index contributed by atoms with van der Waals surface area (Å²) in [5.74, 6) is -0.138. The van der Waals surface area contributed by atoms with Gasteiger partial charge in [-0.2, -0.15) is 5.26 Å². The number of aromatic nitrogens is 1. The molecule has 160 valence electrons. The minimum absolute atomic E-state index is 0.138. The average Bonchev–Trinajstić information content (AvgIpc) is 3.07. The van der Waals surface area contributed by atoms with Crippen LogP contribution in [-0.4, -0.2) is 39.7 Å². The Hall–Kier alpha value is -2.52. The summed E-state index contributed by atoms with van der Waals surface area (Å²) >= 11 is 13.2. The number of amides is 1. The molecule has 1 fully saturated rings. The van der Waals surface area contributed by atoms with Crippen LogP contribution in [0.4, 0.5) is 0 Å². The summed E-state index contributed by atoms with van der Waals surface area (Å²) in [4.78, 5) is 14.8. The zero-order valence-corrected chi connectivity index (χ0v) is 19.0. The van der Waals surface area contributed by atoms with Gasteiger partial charge in [-0.25, -0.2) is 0 Å². The number of piperidine rings is 1. The van der Waals surface area contributed by atoms with E-state index in [1.165, 1.54) is 0 Å². The molecule has 0 spiro atoms. The first kappa shape index (κ1) is 21.7. The van der Waals surface area contributed by atoms with E-state index >= 15 is 0 Å². The molecule has 0 bridgehead atoms. The van der Waals surface area contributed by atoms with Crippen LogP contribution in [0, 0.1) is 18.3 Å². The normalized spacial score (nSPS) is 14.8. The maximum atomic E-state index is 13.0. The highest BCUT2D eigenvalue weighted by molar-refractivity contribution is 6.38. The number of aliphatic hydroxyl groups is 1. The van der Waals surface area contributed by atoms with Crippen LogP contribution in [0.2, 0.25) is 10.0 Å². The third kappa shape index (κ3) is 4.04. The zero-order valence-electron chi connectivity index (χ0n) is 17.5. The second-order valence-corrected chi connectivity index (χ2v) is 8.91. The lowest BCUT2D eigenvalue weighted by atomic mass is 10.0. The molecule has 7 heteroatoms. The van der Waals surface area contributed by atoms with Gasteiger partial charge in [0.15, 0.2) is 0 Å². The fraction of sp³-hybridized carbons (Fsp3) is 0.333. The van der Waals surface area contributed by atoms with Gasteiger partial charge in [0.1, 0.15) is 0 Å². The van der Waals surface area contributed by atoms with Crippen LogP contribution < -0.4 is 0 Å². The number of hydrogen-bond donors (Lipinski definition) is 1. The van der Waals surface area contributed by atoms with Crippen LogP contribution in [0.3, 0.4) is 0 Å². The van der Waals surface area contributed by atoms with Crippen LogP contribution in [0.25, 0.3) is 10.9 Å². The molecular weight excluding hydrogens is 433 g/mol. The Morgan fingerprint density at radius 3 is 2.61 bits per heavy atom. The van der Waals surface area contributed by atoms with Gasteiger partial charge < -0.3 is 14.6 Å². The van der Waals surface area contributed by atoms with Gasteiger partial charge in [0, 0.05) is 48.2 Å². The minimum atomic E-state index is -0.350. The van der Waals surface area contributed by atoms with Gasteiger partial charge in [-0.3, -0.25) is 4.79 Å². The van der Waals surface area contributed by atoms with E-state index in [1.807, 2.05) is 30.7 Å². The van der Waals surface area contributed by atoms with Gasteiger partial charge in [0.25, 0.3) is 5.91 Å². The monoisotopic (exact) mass is 455 g/mol. The van der Waals surface area contributed by atoms with Crippen molar-refractivity contribution in [1.29, 1.82) is 5.26 Å². The summed E-state index contributed by atoms with van der Waals surface area (Å²) in [5.41, 5.74) is 4.74. The molecule has 4 rings (SSSR count). The Balaban J connectivity index is 1.70. The highest BCUT2D eigenvalue weighted by Crippen LogP contribution is 2.33. The number of hydrogen-bond acceptors (Lipinski definition) is 3. The summed E-state index contributed by atoms with van der Waals surface area (Å²) in [6, 6.07) is 11.4. The Morgan fingerprint density at radius 1 is 1.23 bits per heavy atom. The second-order valence-electron chi connectivity index (χ2n) is 8.12. The maximum absolute atomic E-state index is 13.0. The van der Waals surface area contributed by atoms with E-state index in [-0.39, 0.29) is 12.0 Å². The van der Waals surface area contributed by atoms with E-state index in [0.29, 0.717) is 59.1 Å². The molecular formula is C24H23Cl2N3O2. The first-order chi connectivity index (χ1) is 14.8. The van der Waals surface area contributed by atoms with Crippen molar-refractivity contribution in [3.05, 3.63) is 68.3 Å². The lowest BCUT2D eigenvalue weighted by molar-refractivity contribution is 0.0546. The topological polar surface area (TPSA) is 69.3 Å². The smallest absolute Gasteiger partial charge is 0.255 e. The third-order valence-electron chi connectivity index (χ3n) is 6.12. The molecule has 5 nitrogen and oxygen atoms in total. The summed E-state index contributed by atoms with van der Waals surface area (Å²) in [5, 5.41) is 20.9. The van der Waals surface area contributed by atoms with Crippen LogP contribution in [0.1, 0.15) is 45.6 Å². The summed E-state index contributed by atoms with van der Waals surface area (Å²) in [6.45, 7) is 3.01. The number of nitrogens with zero attached hydrogens (tertiary/aromatic N) is 3. The number of likely N-dealkylation sites (tertiary alicyclic amines) is 1. The number of aliphatic hydroxyl groups excluding tert-OH is 1. The molecule has 0 atom stereocenters. The van der Waals surface area contributed by atoms with Gasteiger partial charge in [-0.1, -0.05) is 23.2 Å². The van der Waals surface area contributed by atoms with E-state index in [4.69, 9.17) is 23.2 Å². The van der Waals surface area contributed by atoms with E-state index < -0.39 is 0 Å². The van der Waals surface area contributed by atoms with Gasteiger partial charge in [0.2, 0.25) is 0 Å². The minimum Gasteiger partial charge on any atom is -0.393 e. The molecule has 0 unspecified atom stereocenters. The predicted octanol–water partition coefficient (Wildman–Crippen LogP) is 4.85. The number of aryl methyl sites for hydroxylation is 2. The molecule has 1 aliphatic heterocycles. The molecule has 3 aromatic rings. The SMILES string of the molecule is Cc1cc(C#N)cc2c1cc(Cc1c(Cl)ccc(C(=O)N3CCC(O)CC3)c1Cl)n2C. The molecule has 1 saturated heterocycles. The van der Waals surface area contributed by atoms with E-state index in [9.17, 15) is 15.2 Å². The van der Waals surface area contributed by atoms with Crippen molar-refractivity contribution in [1.82, 2.24) is 9.47 Å². The lowest BCUT2D eigenvalue weighted by Gasteiger charge is -2.30. The lowest BCUT2D eigenvalue weighted by Crippen LogP contribution is -2.40. The highest BCUT2D eigenvalue weighted by atomic mass is 35.5. The molecule has 1 aliphatic rings. The van der Waals surface area contributed by atoms with Crippen LogP contribution in [0.5, 0.6) is 0 Å². The van der Waals surface area contributed by atoms with Crippen LogP contribution in [0.15, 0.2) is 30.3 Å². The summed E-state index contributed by atoms with van der Waals surface area (Å²) in [7, 11) is 1.95. The summed E-state index contributed by atoms with van der Waals surface area (Å²) < 4.78 is 2.04. The number of fused-ring (bicyclic) bond motifs is 1. The first-order valence-corrected chi connectivity index (χ1v) is 11.0. The number of halogens is 2. The summed E-state index contributed by atoms with van der Waals surface area (Å²) in [6.07, 6.45) is 1.26. The molecule has 0 radical (unpaired) electrons. The van der Waals surface area contributed by atoms with Gasteiger partial charge in [-0.15, -0.1) is 0 Å². The molecule has 1 aromatic heterocycles. The maximum Gasteiger partial charge on any atom is 0.255 e. The number of carbonyl (C=O) groups excluding carboxylic acids is 1. The van der Waals surface area contributed by atoms with Crippen molar-refractivity contribution < 1.29 is 9.90 Å². The molecule has 0 saturated carbocycles. The Morgan fingerprint density at radius 2 is 1.94 bits per heavy atom. The van der Waals surface area contributed by atoms with Gasteiger partial charge in [-0.05, 0) is 61.2 Å². The van der Waals surface area contributed by atoms with Gasteiger partial charge >= 0.3 is 0 Å². The Labute approximate surface area is 191 Å². The van der Waals surface area contributed by atoms with E-state index in [0.717, 1.165) is 22.2 Å². The van der Waals surface area contributed by atoms with E-state index in [2.05, 4.69) is 12.1 Å². The number of benzene rings is 2. The largest absolute Gasteiger partial charge is 0.393 e. The fourth-order valence-electron chi connectivity index (χ4n) is 4.24. The first-order valence-electron chi connectivity index (χ1n) is 10.2. The van der Waals surface area contributed by atoms with Crippen molar-refractivity contribution in [2.75, 3.05) is 13.1 Å². The molecule has 2 aromatic carbocycles. The predicted molar refractivity (Wildman–Crippen MR) is 123 cm³/mol. The molecule has 0 aliphatic carbocycles. The number of carbonyl (C=O) groups is 1. The highest BCUT2D eigenvalue weighted by Gasteiger charge is 2.25. The number of rotatable bonds is 3. The third-order valence-corrected chi connectivity index (χ3v) is 6.91. The Kier molecular flexibility index (Phi) is 5.98. The average molecular weight is 456 g/mol. The van der Waals surface area contributed by atoms with Crippen molar-refractivity contribution in [3.8, 4) is 6.07 Å². The standard InChI is InChI=1S/C24H23Cl2N3O2/c1-14-9-15(13-27)10-22-19(14)11-16(28(22)2)12-20-21(25)4-3-18(23(20)26)24(31)29-7-5-17(30)6-8-29/h3-4,9-11,17,30H,5-8,12H2,1-2H3. The van der Waals surface area contributed by atoms with Crippen molar-refractivity contribution in [3.63, 3.8) is 0 Å². The van der Waals surface area contributed by atoms with Crippen molar-refractivity contribution in [2.45, 2.75) is 32.3 Å². The van der Waals surface area contributed by atoms with Gasteiger partial charge in [0.05, 0.1) is 28.3 Å². The van der Waals surface area contributed by atoms with Crippen LogP contribution >= 0.6 is 23.2 Å². The fourth-order valence-corrected chi connectivity index (χ4v) is 4.83. The number of nitriles is 1. The Bertz CT molecular complexity index is 1220. The molecule has 2 heterocycles. The molecule has 1 N–H and O–H groups in total. The molecule has 31 heavy (non-hydrogen) atoms. The zero-order chi connectivity index (χ0) is 22.3. The molecule has 1 amide bonds. The van der Waals surface area contributed by atoms with Crippen molar-refractivity contribution in [2.24, 2.45) is 7.05 Å². The van der Waals surface area contributed by atoms with E-state index in [1.54, 1.807) is 17.0 Å². The van der Waals surface area contributed by atoms with Crippen molar-refractivity contribution >= 4 is 40.0 Å². The quantitative estimate of drug-likeness (QED) is 0.613. The second kappa shape index (κ2) is 8.55. The van der Waals surface area contributed by atoms with Crippen LogP contribution in [-0.2, 0) is 13.5 Å².